The molecule has 0 saturated heterocycles. The zero-order valence-corrected chi connectivity index (χ0v) is 11.4. The van der Waals surface area contributed by atoms with Crippen LogP contribution in [-0.4, -0.2) is 23.4 Å². The third-order valence-electron chi connectivity index (χ3n) is 3.19. The Bertz CT molecular complexity index is 352. The number of aliphatic hydroxyl groups excluding tert-OH is 1. The molecule has 0 saturated carbocycles. The number of aryl methyl sites for hydroxylation is 1. The van der Waals surface area contributed by atoms with Crippen LogP contribution < -0.4 is 5.32 Å². The number of nitrogens with one attached hydrogen (secondary N) is 1. The average molecular weight is 251 g/mol. The highest BCUT2D eigenvalue weighted by Gasteiger charge is 2.09. The normalized spacial score (nSPS) is 12.6. The van der Waals surface area contributed by atoms with Crippen LogP contribution >= 0.6 is 0 Å². The van der Waals surface area contributed by atoms with E-state index in [2.05, 4.69) is 12.2 Å². The van der Waals surface area contributed by atoms with E-state index in [0.29, 0.717) is 12.4 Å². The minimum atomic E-state index is 0.170. The number of phenolic OH excluding ortho intramolecular Hbond substituents is 1. The fraction of sp³-hybridized carbons (Fsp3) is 0.600. The maximum Gasteiger partial charge on any atom is 0.120 e. The van der Waals surface area contributed by atoms with Crippen LogP contribution in [0.5, 0.6) is 5.75 Å². The number of aromatic hydroxyl groups is 1. The second-order valence-electron chi connectivity index (χ2n) is 4.88. The topological polar surface area (TPSA) is 52.5 Å². The number of aliphatic hydroxyl groups is 1. The van der Waals surface area contributed by atoms with Crippen molar-refractivity contribution in [1.82, 2.24) is 5.32 Å². The summed E-state index contributed by atoms with van der Waals surface area (Å²) in [6, 6.07) is 5.97. The van der Waals surface area contributed by atoms with Gasteiger partial charge in [0.05, 0.1) is 0 Å². The summed E-state index contributed by atoms with van der Waals surface area (Å²) in [5.41, 5.74) is 2.03. The Morgan fingerprint density at radius 3 is 2.56 bits per heavy atom. The maximum atomic E-state index is 9.87. The summed E-state index contributed by atoms with van der Waals surface area (Å²) in [6.45, 7) is 5.28. The van der Waals surface area contributed by atoms with Crippen molar-refractivity contribution in [2.45, 2.75) is 45.6 Å². The van der Waals surface area contributed by atoms with Gasteiger partial charge in [0.2, 0.25) is 0 Å². The predicted molar refractivity (Wildman–Crippen MR) is 74.8 cm³/mol. The molecule has 0 bridgehead atoms. The van der Waals surface area contributed by atoms with Gasteiger partial charge in [-0.05, 0) is 44.9 Å². The van der Waals surface area contributed by atoms with Gasteiger partial charge in [0.25, 0.3) is 0 Å². The Kier molecular flexibility index (Phi) is 6.76. The fourth-order valence-corrected chi connectivity index (χ4v) is 2.04. The lowest BCUT2D eigenvalue weighted by Crippen LogP contribution is -2.19. The summed E-state index contributed by atoms with van der Waals surface area (Å²) >= 11 is 0. The number of rotatable bonds is 8. The Labute approximate surface area is 110 Å². The molecule has 1 rings (SSSR count). The van der Waals surface area contributed by atoms with Gasteiger partial charge < -0.3 is 15.5 Å². The molecule has 102 valence electrons. The monoisotopic (exact) mass is 251 g/mol. The largest absolute Gasteiger partial charge is 0.508 e. The van der Waals surface area contributed by atoms with Crippen molar-refractivity contribution in [3.05, 3.63) is 29.3 Å². The van der Waals surface area contributed by atoms with Crippen molar-refractivity contribution in [3.8, 4) is 5.75 Å². The molecular weight excluding hydrogens is 226 g/mol. The summed E-state index contributed by atoms with van der Waals surface area (Å²) < 4.78 is 0. The maximum absolute atomic E-state index is 9.87. The molecule has 0 aromatic heterocycles. The Balaban J connectivity index is 2.29. The molecule has 1 aromatic rings. The molecule has 0 aliphatic rings. The van der Waals surface area contributed by atoms with Crippen molar-refractivity contribution in [2.24, 2.45) is 0 Å². The van der Waals surface area contributed by atoms with Gasteiger partial charge >= 0.3 is 0 Å². The van der Waals surface area contributed by atoms with Gasteiger partial charge in [-0.2, -0.15) is 0 Å². The van der Waals surface area contributed by atoms with Crippen molar-refractivity contribution in [2.75, 3.05) is 13.2 Å². The second kappa shape index (κ2) is 8.11. The lowest BCUT2D eigenvalue weighted by molar-refractivity contribution is 0.282. The highest BCUT2D eigenvalue weighted by Crippen LogP contribution is 2.24. The van der Waals surface area contributed by atoms with E-state index >= 15 is 0 Å². The zero-order chi connectivity index (χ0) is 13.4. The van der Waals surface area contributed by atoms with E-state index in [1.54, 1.807) is 6.07 Å². The van der Waals surface area contributed by atoms with Gasteiger partial charge in [0.1, 0.15) is 5.75 Å². The molecular formula is C15H25NO2. The van der Waals surface area contributed by atoms with Gasteiger partial charge in [-0.1, -0.05) is 25.0 Å². The van der Waals surface area contributed by atoms with E-state index < -0.39 is 0 Å². The number of hydrogen-bond donors (Lipinski definition) is 3. The van der Waals surface area contributed by atoms with Crippen LogP contribution in [0.1, 0.15) is 49.8 Å². The van der Waals surface area contributed by atoms with Crippen LogP contribution in [0.2, 0.25) is 0 Å². The molecule has 0 amide bonds. The summed E-state index contributed by atoms with van der Waals surface area (Å²) in [5, 5.41) is 21.9. The summed E-state index contributed by atoms with van der Waals surface area (Å²) in [5.74, 6) is 0.371. The quantitative estimate of drug-likeness (QED) is 0.623. The van der Waals surface area contributed by atoms with Gasteiger partial charge in [-0.25, -0.2) is 0 Å². The molecule has 0 spiro atoms. The molecule has 3 N–H and O–H groups in total. The molecule has 1 aromatic carbocycles. The van der Waals surface area contributed by atoms with E-state index in [1.807, 2.05) is 19.1 Å². The number of benzene rings is 1. The van der Waals surface area contributed by atoms with Crippen molar-refractivity contribution >= 4 is 0 Å². The van der Waals surface area contributed by atoms with Gasteiger partial charge in [0, 0.05) is 18.2 Å². The van der Waals surface area contributed by atoms with Crippen LogP contribution in [0.25, 0.3) is 0 Å². The zero-order valence-electron chi connectivity index (χ0n) is 11.4. The molecule has 3 heteroatoms. The van der Waals surface area contributed by atoms with Gasteiger partial charge in [0.15, 0.2) is 0 Å². The number of phenols is 1. The Morgan fingerprint density at radius 1 is 1.17 bits per heavy atom. The smallest absolute Gasteiger partial charge is 0.120 e. The lowest BCUT2D eigenvalue weighted by Gasteiger charge is -2.16. The van der Waals surface area contributed by atoms with Crippen LogP contribution in [-0.2, 0) is 0 Å². The van der Waals surface area contributed by atoms with Crippen LogP contribution in [0, 0.1) is 6.92 Å². The summed E-state index contributed by atoms with van der Waals surface area (Å²) in [4.78, 5) is 0. The van der Waals surface area contributed by atoms with E-state index in [-0.39, 0.29) is 6.04 Å². The third-order valence-corrected chi connectivity index (χ3v) is 3.19. The van der Waals surface area contributed by atoms with Crippen molar-refractivity contribution < 1.29 is 10.2 Å². The molecule has 0 aliphatic heterocycles. The molecule has 0 aliphatic carbocycles. The summed E-state index contributed by atoms with van der Waals surface area (Å²) in [6.07, 6.45) is 4.23. The molecule has 3 nitrogen and oxygen atoms in total. The van der Waals surface area contributed by atoms with E-state index in [0.717, 1.165) is 43.4 Å². The van der Waals surface area contributed by atoms with E-state index in [1.165, 1.54) is 0 Å². The van der Waals surface area contributed by atoms with Crippen molar-refractivity contribution in [3.63, 3.8) is 0 Å². The first-order valence-corrected chi connectivity index (χ1v) is 6.79. The van der Waals surface area contributed by atoms with Gasteiger partial charge in [-0.15, -0.1) is 0 Å². The molecule has 0 fully saturated rings. The highest BCUT2D eigenvalue weighted by molar-refractivity contribution is 5.37. The molecule has 0 radical (unpaired) electrons. The van der Waals surface area contributed by atoms with Crippen molar-refractivity contribution in [1.29, 1.82) is 0 Å². The van der Waals surface area contributed by atoms with Crippen LogP contribution in [0.3, 0.4) is 0 Å². The van der Waals surface area contributed by atoms with E-state index in [9.17, 15) is 5.11 Å². The molecule has 1 atom stereocenters. The second-order valence-corrected chi connectivity index (χ2v) is 4.88. The third kappa shape index (κ3) is 5.07. The Hall–Kier alpha value is -1.06. The first-order valence-electron chi connectivity index (χ1n) is 6.79. The van der Waals surface area contributed by atoms with Crippen LogP contribution in [0.15, 0.2) is 18.2 Å². The molecule has 18 heavy (non-hydrogen) atoms. The van der Waals surface area contributed by atoms with Crippen LogP contribution in [0.4, 0.5) is 0 Å². The highest BCUT2D eigenvalue weighted by atomic mass is 16.3. The fourth-order valence-electron chi connectivity index (χ4n) is 2.04. The minimum Gasteiger partial charge on any atom is -0.508 e. The van der Waals surface area contributed by atoms with Gasteiger partial charge in [-0.3, -0.25) is 0 Å². The van der Waals surface area contributed by atoms with E-state index in [4.69, 9.17) is 5.11 Å². The SMILES string of the molecule is Cc1ccc(C(C)NCCCCCCO)c(O)c1. The molecule has 0 heterocycles. The summed E-state index contributed by atoms with van der Waals surface area (Å²) in [7, 11) is 0. The average Bonchev–Trinajstić information content (AvgIpc) is 2.33. The first kappa shape index (κ1) is 15.0. The lowest BCUT2D eigenvalue weighted by atomic mass is 10.0. The molecule has 1 unspecified atom stereocenters. The predicted octanol–water partition coefficient (Wildman–Crippen LogP) is 2.90. The first-order chi connectivity index (χ1) is 8.65. The number of unbranched alkanes of at least 4 members (excludes halogenated alkanes) is 3. The standard InChI is InChI=1S/C15H25NO2/c1-12-7-8-14(15(18)11-12)13(2)16-9-5-3-4-6-10-17/h7-8,11,13,16-18H,3-6,9-10H2,1-2H3. The minimum absolute atomic E-state index is 0.170. The Morgan fingerprint density at radius 2 is 1.89 bits per heavy atom. The number of hydrogen-bond acceptors (Lipinski definition) is 3.